The van der Waals surface area contributed by atoms with Crippen molar-refractivity contribution < 1.29 is 48.5 Å². The van der Waals surface area contributed by atoms with Crippen LogP contribution in [0.5, 0.6) is 0 Å². The molecule has 0 aliphatic heterocycles. The molecular formula is C15H16O10. The molecule has 0 aromatic carbocycles. The van der Waals surface area contributed by atoms with Crippen LogP contribution in [0.1, 0.15) is 19.3 Å². The van der Waals surface area contributed by atoms with Gasteiger partial charge in [-0.3, -0.25) is 28.8 Å². The van der Waals surface area contributed by atoms with E-state index in [0.29, 0.717) is 0 Å². The van der Waals surface area contributed by atoms with Gasteiger partial charge in [0.25, 0.3) is 0 Å². The first-order valence-electron chi connectivity index (χ1n) is 7.28. The van der Waals surface area contributed by atoms with Crippen molar-refractivity contribution in [2.75, 3.05) is 14.2 Å². The number of esters is 2. The number of hydrogen-bond donors (Lipinski definition) is 2. The van der Waals surface area contributed by atoms with Crippen molar-refractivity contribution in [3.63, 3.8) is 0 Å². The van der Waals surface area contributed by atoms with Gasteiger partial charge in [0.1, 0.15) is 22.7 Å². The van der Waals surface area contributed by atoms with E-state index in [2.05, 4.69) is 9.47 Å². The van der Waals surface area contributed by atoms with Crippen LogP contribution in [-0.2, 0) is 38.2 Å². The minimum Gasteiger partial charge on any atom is -0.481 e. The normalized spacial score (nSPS) is 34.2. The molecule has 0 heterocycles. The van der Waals surface area contributed by atoms with Gasteiger partial charge >= 0.3 is 23.9 Å². The quantitative estimate of drug-likeness (QED) is 0.474. The highest BCUT2D eigenvalue weighted by atomic mass is 16.5. The maximum absolute atomic E-state index is 12.8. The minimum absolute atomic E-state index is 0.739. The molecular weight excluding hydrogens is 340 g/mol. The van der Waals surface area contributed by atoms with Crippen LogP contribution >= 0.6 is 0 Å². The molecule has 2 fully saturated rings. The molecule has 2 rings (SSSR count). The first-order chi connectivity index (χ1) is 11.6. The van der Waals surface area contributed by atoms with Crippen LogP contribution in [-0.4, -0.2) is 59.9 Å². The molecule has 2 N–H and O–H groups in total. The second-order valence-electron chi connectivity index (χ2n) is 6.24. The number of carbonyl (C=O) groups is 6. The molecule has 0 amide bonds. The zero-order chi connectivity index (χ0) is 19.2. The largest absolute Gasteiger partial charge is 0.481 e. The van der Waals surface area contributed by atoms with Crippen LogP contribution in [0.4, 0.5) is 0 Å². The monoisotopic (exact) mass is 356 g/mol. The number of hydrogen-bond acceptors (Lipinski definition) is 8. The van der Waals surface area contributed by atoms with E-state index in [1.807, 2.05) is 0 Å². The van der Waals surface area contributed by atoms with Gasteiger partial charge in [-0.25, -0.2) is 0 Å². The summed E-state index contributed by atoms with van der Waals surface area (Å²) in [6, 6.07) is 0. The number of rotatable bonds is 4. The zero-order valence-electron chi connectivity index (χ0n) is 13.4. The van der Waals surface area contributed by atoms with Crippen LogP contribution in [0.25, 0.3) is 0 Å². The summed E-state index contributed by atoms with van der Waals surface area (Å²) in [6.45, 7) is 0. The summed E-state index contributed by atoms with van der Waals surface area (Å²) < 4.78 is 9.06. The van der Waals surface area contributed by atoms with Crippen molar-refractivity contribution in [1.29, 1.82) is 0 Å². The molecule has 2 aliphatic carbocycles. The standard InChI is InChI=1S/C15H16O10/c1-24-11(20)7-4-14(12(21)22)5-15(9(7)17,13(23)25-2)3-6(8(14)16)10(18)19/h6-7H,3-5H2,1-2H3,(H,18,19)(H,21,22). The van der Waals surface area contributed by atoms with E-state index >= 15 is 0 Å². The third-order valence-electron chi connectivity index (χ3n) is 5.05. The van der Waals surface area contributed by atoms with Gasteiger partial charge in [0.15, 0.2) is 11.6 Å². The van der Waals surface area contributed by atoms with Crippen molar-refractivity contribution in [3.05, 3.63) is 0 Å². The predicted molar refractivity (Wildman–Crippen MR) is 75.0 cm³/mol. The number of carboxylic acid groups (broad SMARTS) is 2. The Morgan fingerprint density at radius 3 is 1.88 bits per heavy atom. The molecule has 2 bridgehead atoms. The SMILES string of the molecule is COC(=O)C1CC2(C(=O)O)CC(C(=O)OC)(CC(C(=O)O)C2=O)C1=O. The highest BCUT2D eigenvalue weighted by Crippen LogP contribution is 2.56. The number of ketones is 2. The van der Waals surface area contributed by atoms with Crippen molar-refractivity contribution >= 4 is 35.4 Å². The molecule has 0 aromatic rings. The fraction of sp³-hybridized carbons (Fsp3) is 0.600. The molecule has 0 aromatic heterocycles. The van der Waals surface area contributed by atoms with E-state index in [9.17, 15) is 39.0 Å². The highest BCUT2D eigenvalue weighted by Gasteiger charge is 2.71. The van der Waals surface area contributed by atoms with E-state index < -0.39 is 77.4 Å². The Bertz CT molecular complexity index is 694. The number of carbonyl (C=O) groups excluding carboxylic acids is 4. The summed E-state index contributed by atoms with van der Waals surface area (Å²) in [5.74, 6) is -11.3. The lowest BCUT2D eigenvalue weighted by molar-refractivity contribution is -0.186. The van der Waals surface area contributed by atoms with Crippen LogP contribution < -0.4 is 0 Å². The highest BCUT2D eigenvalue weighted by molar-refractivity contribution is 6.20. The van der Waals surface area contributed by atoms with Gasteiger partial charge in [0.05, 0.1) is 14.2 Å². The average Bonchev–Trinajstić information content (AvgIpc) is 2.58. The second-order valence-corrected chi connectivity index (χ2v) is 6.24. The Balaban J connectivity index is 2.73. The molecule has 4 unspecified atom stereocenters. The van der Waals surface area contributed by atoms with Crippen LogP contribution in [0.15, 0.2) is 0 Å². The van der Waals surface area contributed by atoms with E-state index in [-0.39, 0.29) is 0 Å². The molecule has 2 saturated carbocycles. The predicted octanol–water partition coefficient (Wildman–Crippen LogP) is -0.957. The maximum atomic E-state index is 12.8. The van der Waals surface area contributed by atoms with Crippen LogP contribution in [0.2, 0.25) is 0 Å². The molecule has 0 spiro atoms. The Hall–Kier alpha value is -2.78. The Morgan fingerprint density at radius 1 is 0.920 bits per heavy atom. The zero-order valence-corrected chi connectivity index (χ0v) is 13.4. The van der Waals surface area contributed by atoms with Crippen molar-refractivity contribution in [2.45, 2.75) is 19.3 Å². The smallest absolute Gasteiger partial charge is 0.319 e. The summed E-state index contributed by atoms with van der Waals surface area (Å²) in [5.41, 5.74) is -4.57. The number of aliphatic carboxylic acids is 2. The third kappa shape index (κ3) is 2.39. The van der Waals surface area contributed by atoms with Gasteiger partial charge in [0, 0.05) is 0 Å². The molecule has 0 saturated heterocycles. The second kappa shape index (κ2) is 5.94. The fourth-order valence-corrected chi connectivity index (χ4v) is 3.84. The number of carboxylic acids is 2. The Morgan fingerprint density at radius 2 is 1.44 bits per heavy atom. The van der Waals surface area contributed by atoms with Gasteiger partial charge in [-0.05, 0) is 19.3 Å². The molecule has 25 heavy (non-hydrogen) atoms. The molecule has 0 radical (unpaired) electrons. The number of Topliss-reactive ketones (excluding diaryl/α,β-unsaturated/α-hetero) is 2. The first kappa shape index (κ1) is 18.6. The molecule has 136 valence electrons. The van der Waals surface area contributed by atoms with E-state index in [0.717, 1.165) is 14.2 Å². The van der Waals surface area contributed by atoms with Gasteiger partial charge < -0.3 is 19.7 Å². The molecule has 10 heteroatoms. The topological polar surface area (TPSA) is 161 Å². The van der Waals surface area contributed by atoms with Crippen molar-refractivity contribution in [2.24, 2.45) is 22.7 Å². The first-order valence-corrected chi connectivity index (χ1v) is 7.28. The van der Waals surface area contributed by atoms with E-state index in [1.54, 1.807) is 0 Å². The molecule has 10 nitrogen and oxygen atoms in total. The molecule has 2 aliphatic rings. The third-order valence-corrected chi connectivity index (χ3v) is 5.05. The number of ether oxygens (including phenoxy) is 2. The molecule has 4 atom stereocenters. The lowest BCUT2D eigenvalue weighted by atomic mass is 9.48. The Labute approximate surface area is 141 Å². The van der Waals surface area contributed by atoms with Gasteiger partial charge in [-0.1, -0.05) is 0 Å². The summed E-state index contributed by atoms with van der Waals surface area (Å²) in [4.78, 5) is 72.9. The summed E-state index contributed by atoms with van der Waals surface area (Å²) in [6.07, 6.45) is -2.25. The average molecular weight is 356 g/mol. The maximum Gasteiger partial charge on any atom is 0.319 e. The lowest BCUT2D eigenvalue weighted by Crippen LogP contribution is -2.65. The van der Waals surface area contributed by atoms with Crippen molar-refractivity contribution in [3.8, 4) is 0 Å². The van der Waals surface area contributed by atoms with Crippen molar-refractivity contribution in [1.82, 2.24) is 0 Å². The van der Waals surface area contributed by atoms with E-state index in [4.69, 9.17) is 0 Å². The summed E-state index contributed by atoms with van der Waals surface area (Å²) in [7, 11) is 1.92. The summed E-state index contributed by atoms with van der Waals surface area (Å²) >= 11 is 0. The summed E-state index contributed by atoms with van der Waals surface area (Å²) in [5, 5.41) is 18.9. The number of fused-ring (bicyclic) bond motifs is 2. The van der Waals surface area contributed by atoms with E-state index in [1.165, 1.54) is 0 Å². The van der Waals surface area contributed by atoms with Gasteiger partial charge in [-0.2, -0.15) is 0 Å². The fourth-order valence-electron chi connectivity index (χ4n) is 3.84. The minimum atomic E-state index is -2.36. The van der Waals surface area contributed by atoms with Gasteiger partial charge in [0.2, 0.25) is 0 Å². The Kier molecular flexibility index (Phi) is 4.41. The number of methoxy groups -OCH3 is 2. The van der Waals surface area contributed by atoms with Crippen LogP contribution in [0, 0.1) is 22.7 Å². The van der Waals surface area contributed by atoms with Gasteiger partial charge in [-0.15, -0.1) is 0 Å². The van der Waals surface area contributed by atoms with Crippen LogP contribution in [0.3, 0.4) is 0 Å². The lowest BCUT2D eigenvalue weighted by Gasteiger charge is -2.49.